The fraction of sp³-hybridized carbons (Fsp3) is 0.833. The van der Waals surface area contributed by atoms with Crippen LogP contribution in [0.3, 0.4) is 0 Å². The van der Waals surface area contributed by atoms with Gasteiger partial charge >= 0.3 is 5.43 Å². The van der Waals surface area contributed by atoms with Crippen LogP contribution in [-0.4, -0.2) is 11.0 Å². The molecule has 0 saturated heterocycles. The van der Waals surface area contributed by atoms with E-state index >= 15 is 0 Å². The highest BCUT2D eigenvalue weighted by atomic mass is 35.5. The van der Waals surface area contributed by atoms with Crippen LogP contribution in [0.4, 0.5) is 4.79 Å². The number of ether oxygens (including phenoxy) is 1. The van der Waals surface area contributed by atoms with Gasteiger partial charge < -0.3 is 4.74 Å². The van der Waals surface area contributed by atoms with E-state index in [1.54, 1.807) is 0 Å². The average molecular weight is 149 g/mol. The van der Waals surface area contributed by atoms with Crippen molar-refractivity contribution in [3.05, 3.63) is 0 Å². The number of hydrogen-bond donors (Lipinski definition) is 0. The fourth-order valence-electron chi connectivity index (χ4n) is 0.875. The highest BCUT2D eigenvalue weighted by molar-refractivity contribution is 6.61. The van der Waals surface area contributed by atoms with Crippen molar-refractivity contribution in [3.8, 4) is 0 Å². The van der Waals surface area contributed by atoms with E-state index in [4.69, 9.17) is 16.3 Å². The molecule has 0 heterocycles. The van der Waals surface area contributed by atoms with Gasteiger partial charge in [0.25, 0.3) is 0 Å². The minimum Gasteiger partial charge on any atom is -0.447 e. The predicted molar refractivity (Wildman–Crippen MR) is 34.5 cm³/mol. The van der Waals surface area contributed by atoms with Gasteiger partial charge in [-0.05, 0) is 19.3 Å². The Hall–Kier alpha value is -0.240. The quantitative estimate of drug-likeness (QED) is 0.533. The van der Waals surface area contributed by atoms with Crippen LogP contribution in [0.2, 0.25) is 0 Å². The summed E-state index contributed by atoms with van der Waals surface area (Å²) in [5.41, 5.74) is -0.944. The van der Waals surface area contributed by atoms with Crippen LogP contribution in [0.5, 0.6) is 0 Å². The highest BCUT2D eigenvalue weighted by Crippen LogP contribution is 2.46. The van der Waals surface area contributed by atoms with Crippen molar-refractivity contribution in [2.45, 2.75) is 25.9 Å². The summed E-state index contributed by atoms with van der Waals surface area (Å²) >= 11 is 5.01. The van der Waals surface area contributed by atoms with Gasteiger partial charge in [0.05, 0.1) is 0 Å². The summed E-state index contributed by atoms with van der Waals surface area (Å²) < 4.78 is 4.79. The molecule has 1 aliphatic carbocycles. The average Bonchev–Trinajstić information content (AvgIpc) is 2.10. The molecule has 0 N–H and O–H groups in total. The van der Waals surface area contributed by atoms with Crippen LogP contribution >= 0.6 is 11.6 Å². The number of rotatable bonds is 1. The molecule has 1 fully saturated rings. The zero-order chi connectivity index (χ0) is 7.07. The van der Waals surface area contributed by atoms with Crippen molar-refractivity contribution >= 4 is 17.0 Å². The van der Waals surface area contributed by atoms with Gasteiger partial charge in [0, 0.05) is 11.6 Å². The Morgan fingerprint density at radius 1 is 1.89 bits per heavy atom. The highest BCUT2D eigenvalue weighted by Gasteiger charge is 2.50. The summed E-state index contributed by atoms with van der Waals surface area (Å²) in [6, 6.07) is 0. The van der Waals surface area contributed by atoms with Crippen LogP contribution in [0.1, 0.15) is 20.3 Å². The van der Waals surface area contributed by atoms with Crippen molar-refractivity contribution in [1.82, 2.24) is 0 Å². The third kappa shape index (κ3) is 1.36. The van der Waals surface area contributed by atoms with Gasteiger partial charge in [-0.25, -0.2) is 4.79 Å². The second kappa shape index (κ2) is 1.87. The molecule has 3 heteroatoms. The molecule has 2 atom stereocenters. The summed E-state index contributed by atoms with van der Waals surface area (Å²) in [5.74, 6) is 0.472. The Morgan fingerprint density at radius 3 is 2.44 bits per heavy atom. The zero-order valence-electron chi connectivity index (χ0n) is 5.48. The largest absolute Gasteiger partial charge is 0.447 e. The van der Waals surface area contributed by atoms with Crippen molar-refractivity contribution in [3.63, 3.8) is 0 Å². The van der Waals surface area contributed by atoms with Crippen molar-refractivity contribution in [2.24, 2.45) is 5.92 Å². The monoisotopic (exact) mass is 148 g/mol. The van der Waals surface area contributed by atoms with Crippen molar-refractivity contribution < 1.29 is 9.53 Å². The van der Waals surface area contributed by atoms with E-state index in [1.165, 1.54) is 0 Å². The van der Waals surface area contributed by atoms with Gasteiger partial charge in [0.15, 0.2) is 0 Å². The molecule has 0 aromatic carbocycles. The molecular weight excluding hydrogens is 140 g/mol. The van der Waals surface area contributed by atoms with Crippen LogP contribution < -0.4 is 0 Å². The summed E-state index contributed by atoms with van der Waals surface area (Å²) in [4.78, 5) is 10.2. The second-order valence-corrected chi connectivity index (χ2v) is 3.07. The molecule has 2 nitrogen and oxygen atoms in total. The van der Waals surface area contributed by atoms with E-state index in [0.29, 0.717) is 5.92 Å². The molecule has 0 aromatic heterocycles. The lowest BCUT2D eigenvalue weighted by Crippen LogP contribution is -2.12. The second-order valence-electron chi connectivity index (χ2n) is 2.76. The molecule has 1 saturated carbocycles. The first-order valence-electron chi connectivity index (χ1n) is 2.93. The Morgan fingerprint density at radius 2 is 2.33 bits per heavy atom. The molecule has 0 radical (unpaired) electrons. The van der Waals surface area contributed by atoms with Crippen LogP contribution in [0.15, 0.2) is 0 Å². The SMILES string of the molecule is CC1CC1(C)OC(=O)Cl. The Kier molecular flexibility index (Phi) is 1.43. The standard InChI is InChI=1S/C6H9ClO2/c1-4-3-6(4,2)9-5(7)8/h4H,3H2,1-2H3. The number of halogens is 1. The summed E-state index contributed by atoms with van der Waals surface area (Å²) in [5, 5.41) is 0. The minimum atomic E-state index is -0.693. The summed E-state index contributed by atoms with van der Waals surface area (Å²) in [6.45, 7) is 3.91. The van der Waals surface area contributed by atoms with E-state index in [1.807, 2.05) is 13.8 Å². The van der Waals surface area contributed by atoms with E-state index in [-0.39, 0.29) is 5.60 Å². The van der Waals surface area contributed by atoms with Crippen molar-refractivity contribution in [2.75, 3.05) is 0 Å². The molecule has 2 unspecified atom stereocenters. The molecule has 0 bridgehead atoms. The molecule has 1 aliphatic rings. The molecule has 52 valence electrons. The predicted octanol–water partition coefficient (Wildman–Crippen LogP) is 2.16. The van der Waals surface area contributed by atoms with Gasteiger partial charge in [-0.1, -0.05) is 6.92 Å². The lowest BCUT2D eigenvalue weighted by molar-refractivity contribution is 0.108. The Balaban J connectivity index is 2.37. The van der Waals surface area contributed by atoms with Crippen molar-refractivity contribution in [1.29, 1.82) is 0 Å². The van der Waals surface area contributed by atoms with Crippen LogP contribution in [-0.2, 0) is 4.74 Å². The van der Waals surface area contributed by atoms with E-state index in [9.17, 15) is 4.79 Å². The van der Waals surface area contributed by atoms with E-state index in [2.05, 4.69) is 0 Å². The molecule has 1 rings (SSSR count). The third-order valence-electron chi connectivity index (χ3n) is 1.91. The van der Waals surface area contributed by atoms with Gasteiger partial charge in [-0.3, -0.25) is 0 Å². The number of carbonyl (C=O) groups excluding carboxylic acids is 1. The first kappa shape index (κ1) is 6.87. The molecule has 0 amide bonds. The summed E-state index contributed by atoms with van der Waals surface area (Å²) in [7, 11) is 0. The van der Waals surface area contributed by atoms with Gasteiger partial charge in [0.2, 0.25) is 0 Å². The molecule has 0 spiro atoms. The van der Waals surface area contributed by atoms with Gasteiger partial charge in [0.1, 0.15) is 5.60 Å². The molecule has 0 aliphatic heterocycles. The maximum Gasteiger partial charge on any atom is 0.404 e. The Bertz CT molecular complexity index is 146. The van der Waals surface area contributed by atoms with Crippen LogP contribution in [0.25, 0.3) is 0 Å². The molecule has 9 heavy (non-hydrogen) atoms. The Labute approximate surface area is 59.1 Å². The number of carbonyl (C=O) groups is 1. The third-order valence-corrected chi connectivity index (χ3v) is 1.98. The zero-order valence-corrected chi connectivity index (χ0v) is 6.23. The lowest BCUT2D eigenvalue weighted by Gasteiger charge is -2.07. The maximum atomic E-state index is 10.2. The van der Waals surface area contributed by atoms with Gasteiger partial charge in [-0.2, -0.15) is 0 Å². The first-order valence-corrected chi connectivity index (χ1v) is 3.31. The minimum absolute atomic E-state index is 0.251. The summed E-state index contributed by atoms with van der Waals surface area (Å²) in [6.07, 6.45) is 0.936. The smallest absolute Gasteiger partial charge is 0.404 e. The topological polar surface area (TPSA) is 26.3 Å². The fourth-order valence-corrected chi connectivity index (χ4v) is 1.05. The van der Waals surface area contributed by atoms with E-state index in [0.717, 1.165) is 6.42 Å². The maximum absolute atomic E-state index is 10.2. The first-order chi connectivity index (χ1) is 4.04. The molecule has 0 aromatic rings. The normalized spacial score (nSPS) is 40.1. The van der Waals surface area contributed by atoms with E-state index < -0.39 is 5.43 Å². The lowest BCUT2D eigenvalue weighted by atomic mass is 10.3. The molecular formula is C6H9ClO2. The van der Waals surface area contributed by atoms with Gasteiger partial charge in [-0.15, -0.1) is 0 Å². The van der Waals surface area contributed by atoms with Crippen LogP contribution in [0, 0.1) is 5.92 Å². The number of hydrogen-bond acceptors (Lipinski definition) is 2.